The Morgan fingerprint density at radius 1 is 1.15 bits per heavy atom. The molecular weight excluding hydrogens is 347 g/mol. The van der Waals surface area contributed by atoms with Crippen LogP contribution in [0.1, 0.15) is 51.2 Å². The number of carbonyl (C=O) groups excluding carboxylic acids is 2. The van der Waals surface area contributed by atoms with Gasteiger partial charge in [-0.1, -0.05) is 18.6 Å². The van der Waals surface area contributed by atoms with Gasteiger partial charge in [-0.05, 0) is 57.7 Å². The molecule has 1 fully saturated rings. The number of amides is 2. The average Bonchev–Trinajstić information content (AvgIpc) is 2.68. The fourth-order valence-corrected chi connectivity index (χ4v) is 2.92. The summed E-state index contributed by atoms with van der Waals surface area (Å²) in [7, 11) is 0. The van der Waals surface area contributed by atoms with Gasteiger partial charge in [0, 0.05) is 12.5 Å². The molecule has 1 atom stereocenters. The highest BCUT2D eigenvalue weighted by Gasteiger charge is 2.34. The van der Waals surface area contributed by atoms with Crippen molar-refractivity contribution in [2.24, 2.45) is 5.92 Å². The van der Waals surface area contributed by atoms with Crippen LogP contribution in [0, 0.1) is 5.92 Å². The van der Waals surface area contributed by atoms with Crippen LogP contribution in [0.15, 0.2) is 24.3 Å². The normalized spacial score (nSPS) is 19.2. The molecule has 7 heteroatoms. The van der Waals surface area contributed by atoms with Crippen molar-refractivity contribution in [3.05, 3.63) is 35.4 Å². The van der Waals surface area contributed by atoms with E-state index in [1.165, 1.54) is 12.1 Å². The van der Waals surface area contributed by atoms with Crippen LogP contribution in [-0.2, 0) is 22.1 Å². The molecule has 1 aliphatic rings. The van der Waals surface area contributed by atoms with Crippen molar-refractivity contribution in [3.63, 3.8) is 0 Å². The number of ether oxygens (including phenoxy) is 1. The van der Waals surface area contributed by atoms with Crippen LogP contribution < -0.4 is 0 Å². The van der Waals surface area contributed by atoms with Crippen LogP contribution in [0.2, 0.25) is 0 Å². The van der Waals surface area contributed by atoms with Gasteiger partial charge in [0.15, 0.2) is 0 Å². The minimum Gasteiger partial charge on any atom is -0.443 e. The van der Waals surface area contributed by atoms with E-state index in [2.05, 4.69) is 0 Å². The van der Waals surface area contributed by atoms with Gasteiger partial charge in [0.2, 0.25) is 5.91 Å². The number of benzene rings is 1. The molecule has 1 aromatic carbocycles. The highest BCUT2D eigenvalue weighted by atomic mass is 19.4. The van der Waals surface area contributed by atoms with Gasteiger partial charge >= 0.3 is 12.3 Å². The summed E-state index contributed by atoms with van der Waals surface area (Å²) in [5.41, 5.74) is -0.779. The van der Waals surface area contributed by atoms with Crippen molar-refractivity contribution in [1.29, 1.82) is 0 Å². The maximum atomic E-state index is 12.7. The fraction of sp³-hybridized carbons (Fsp3) is 0.579. The second-order valence-corrected chi connectivity index (χ2v) is 7.56. The summed E-state index contributed by atoms with van der Waals surface area (Å²) in [6, 6.07) is 4.81. The van der Waals surface area contributed by atoms with Crippen molar-refractivity contribution < 1.29 is 27.5 Å². The van der Waals surface area contributed by atoms with E-state index in [9.17, 15) is 22.8 Å². The molecule has 0 spiro atoms. The van der Waals surface area contributed by atoms with Crippen LogP contribution in [0.25, 0.3) is 0 Å². The Kier molecular flexibility index (Phi) is 5.98. The van der Waals surface area contributed by atoms with Crippen molar-refractivity contribution in [2.75, 3.05) is 6.54 Å². The molecule has 0 N–H and O–H groups in total. The first-order chi connectivity index (χ1) is 12.0. The van der Waals surface area contributed by atoms with Gasteiger partial charge in [0.25, 0.3) is 0 Å². The summed E-state index contributed by atoms with van der Waals surface area (Å²) >= 11 is 0. The summed E-state index contributed by atoms with van der Waals surface area (Å²) < 4.78 is 43.3. The van der Waals surface area contributed by atoms with Gasteiger partial charge in [-0.25, -0.2) is 9.69 Å². The zero-order chi connectivity index (χ0) is 19.5. The Morgan fingerprint density at radius 2 is 1.77 bits per heavy atom. The van der Waals surface area contributed by atoms with Crippen LogP contribution in [0.4, 0.5) is 18.0 Å². The lowest BCUT2D eigenvalue weighted by Gasteiger charge is -2.27. The van der Waals surface area contributed by atoms with Crippen molar-refractivity contribution in [3.8, 4) is 0 Å². The van der Waals surface area contributed by atoms with E-state index in [-0.39, 0.29) is 5.91 Å². The first kappa shape index (κ1) is 20.3. The Labute approximate surface area is 151 Å². The molecule has 0 radical (unpaired) electrons. The molecule has 1 saturated heterocycles. The minimum absolute atomic E-state index is 0.302. The zero-order valence-electron chi connectivity index (χ0n) is 15.2. The number of alkyl halides is 3. The summed E-state index contributed by atoms with van der Waals surface area (Å²) in [4.78, 5) is 26.2. The molecule has 1 aromatic rings. The number of carbonyl (C=O) groups is 2. The van der Waals surface area contributed by atoms with E-state index >= 15 is 0 Å². The lowest BCUT2D eigenvalue weighted by Crippen LogP contribution is -2.43. The summed E-state index contributed by atoms with van der Waals surface area (Å²) in [5, 5.41) is 0. The number of hydrogen-bond donors (Lipinski definition) is 0. The molecule has 1 unspecified atom stereocenters. The Hall–Kier alpha value is -2.05. The lowest BCUT2D eigenvalue weighted by atomic mass is 9.93. The van der Waals surface area contributed by atoms with Crippen LogP contribution in [-0.4, -0.2) is 29.0 Å². The number of nitrogens with zero attached hydrogens (tertiary/aromatic N) is 1. The van der Waals surface area contributed by atoms with Gasteiger partial charge in [-0.3, -0.25) is 4.79 Å². The summed E-state index contributed by atoms with van der Waals surface area (Å²) in [5.74, 6) is -0.765. The van der Waals surface area contributed by atoms with Gasteiger partial charge in [0.05, 0.1) is 5.56 Å². The third-order valence-electron chi connectivity index (χ3n) is 4.18. The van der Waals surface area contributed by atoms with Gasteiger partial charge < -0.3 is 4.74 Å². The van der Waals surface area contributed by atoms with E-state index in [0.29, 0.717) is 31.4 Å². The van der Waals surface area contributed by atoms with E-state index in [4.69, 9.17) is 4.74 Å². The average molecular weight is 371 g/mol. The second kappa shape index (κ2) is 7.68. The monoisotopic (exact) mass is 371 g/mol. The number of imide groups is 1. The maximum absolute atomic E-state index is 12.7. The SMILES string of the molecule is CC(C)(C)OC(=O)N1CCCCC(Cc2ccc(C(F)(F)F)cc2)C1=O. The van der Waals surface area contributed by atoms with E-state index in [1.54, 1.807) is 20.8 Å². The largest absolute Gasteiger partial charge is 0.443 e. The predicted molar refractivity (Wildman–Crippen MR) is 90.4 cm³/mol. The molecule has 1 heterocycles. The molecule has 2 rings (SSSR count). The van der Waals surface area contributed by atoms with Crippen LogP contribution in [0.5, 0.6) is 0 Å². The quantitative estimate of drug-likeness (QED) is 0.749. The smallest absolute Gasteiger partial charge is 0.417 e. The van der Waals surface area contributed by atoms with E-state index in [0.717, 1.165) is 23.5 Å². The Bertz CT molecular complexity index is 647. The molecule has 1 aliphatic heterocycles. The number of hydrogen-bond acceptors (Lipinski definition) is 3. The molecule has 144 valence electrons. The van der Waals surface area contributed by atoms with Gasteiger partial charge in [0.1, 0.15) is 5.60 Å². The molecule has 26 heavy (non-hydrogen) atoms. The first-order valence-electron chi connectivity index (χ1n) is 8.68. The molecule has 0 bridgehead atoms. The highest BCUT2D eigenvalue weighted by Crippen LogP contribution is 2.30. The standard InChI is InChI=1S/C19H24F3NO3/c1-18(2,3)26-17(25)23-11-5-4-6-14(16(23)24)12-13-7-9-15(10-8-13)19(20,21)22/h7-10,14H,4-6,11-12H2,1-3H3. The van der Waals surface area contributed by atoms with E-state index < -0.39 is 29.4 Å². The molecule has 2 amide bonds. The molecule has 0 aromatic heterocycles. The molecule has 4 nitrogen and oxygen atoms in total. The van der Waals surface area contributed by atoms with Crippen LogP contribution in [0.3, 0.4) is 0 Å². The highest BCUT2D eigenvalue weighted by molar-refractivity contribution is 5.93. The summed E-state index contributed by atoms with van der Waals surface area (Å²) in [6.45, 7) is 5.49. The molecular formula is C19H24F3NO3. The topological polar surface area (TPSA) is 46.6 Å². The van der Waals surface area contributed by atoms with Crippen molar-refractivity contribution in [1.82, 2.24) is 4.90 Å². The third-order valence-corrected chi connectivity index (χ3v) is 4.18. The minimum atomic E-state index is -4.38. The number of likely N-dealkylation sites (tertiary alicyclic amines) is 1. The zero-order valence-corrected chi connectivity index (χ0v) is 15.2. The number of halogens is 3. The van der Waals surface area contributed by atoms with Crippen molar-refractivity contribution >= 4 is 12.0 Å². The van der Waals surface area contributed by atoms with Crippen molar-refractivity contribution in [2.45, 2.75) is 58.2 Å². The summed E-state index contributed by atoms with van der Waals surface area (Å²) in [6.07, 6.45) is -2.69. The Balaban J connectivity index is 2.10. The Morgan fingerprint density at radius 3 is 2.31 bits per heavy atom. The first-order valence-corrected chi connectivity index (χ1v) is 8.68. The third kappa shape index (κ3) is 5.47. The number of rotatable bonds is 2. The maximum Gasteiger partial charge on any atom is 0.417 e. The second-order valence-electron chi connectivity index (χ2n) is 7.56. The van der Waals surface area contributed by atoms with Crippen LogP contribution >= 0.6 is 0 Å². The van der Waals surface area contributed by atoms with Gasteiger partial charge in [-0.15, -0.1) is 0 Å². The molecule has 0 saturated carbocycles. The fourth-order valence-electron chi connectivity index (χ4n) is 2.92. The van der Waals surface area contributed by atoms with E-state index in [1.807, 2.05) is 0 Å². The molecule has 0 aliphatic carbocycles. The van der Waals surface area contributed by atoms with Gasteiger partial charge in [-0.2, -0.15) is 13.2 Å². The predicted octanol–water partition coefficient (Wildman–Crippen LogP) is 4.81. The lowest BCUT2D eigenvalue weighted by molar-refractivity contribution is -0.137.